The number of rotatable bonds is 4. The van der Waals surface area contributed by atoms with E-state index in [-0.39, 0.29) is 5.82 Å². The second-order valence-corrected chi connectivity index (χ2v) is 5.38. The zero-order chi connectivity index (χ0) is 13.8. The summed E-state index contributed by atoms with van der Waals surface area (Å²) in [7, 11) is 0. The highest BCUT2D eigenvalue weighted by molar-refractivity contribution is 7.98. The molecule has 2 aromatic rings. The second kappa shape index (κ2) is 6.22. The molecule has 0 spiro atoms. The molecule has 1 nitrogen and oxygen atoms in total. The molecular formula is C16H17FOS. The third kappa shape index (κ3) is 3.37. The number of halogens is 1. The molecule has 0 aliphatic heterocycles. The summed E-state index contributed by atoms with van der Waals surface area (Å²) in [6.45, 7) is 1.93. The first-order valence-corrected chi connectivity index (χ1v) is 7.40. The van der Waals surface area contributed by atoms with E-state index in [9.17, 15) is 9.50 Å². The van der Waals surface area contributed by atoms with E-state index < -0.39 is 6.10 Å². The molecule has 0 aromatic heterocycles. The monoisotopic (exact) mass is 276 g/mol. The summed E-state index contributed by atoms with van der Waals surface area (Å²) in [6.07, 6.45) is 1.81. The van der Waals surface area contributed by atoms with Gasteiger partial charge in [0.25, 0.3) is 0 Å². The first kappa shape index (κ1) is 14.1. The third-order valence-electron chi connectivity index (χ3n) is 3.22. The number of aliphatic hydroxyl groups is 1. The Bertz CT molecular complexity index is 568. The van der Waals surface area contributed by atoms with Gasteiger partial charge in [0.2, 0.25) is 0 Å². The number of thioether (sulfide) groups is 1. The lowest BCUT2D eigenvalue weighted by Gasteiger charge is -2.15. The average molecular weight is 276 g/mol. The van der Waals surface area contributed by atoms with Crippen LogP contribution in [-0.2, 0) is 6.42 Å². The van der Waals surface area contributed by atoms with Crippen molar-refractivity contribution < 1.29 is 9.50 Å². The van der Waals surface area contributed by atoms with Crippen molar-refractivity contribution in [3.8, 4) is 0 Å². The van der Waals surface area contributed by atoms with Crippen LogP contribution in [0.3, 0.4) is 0 Å². The van der Waals surface area contributed by atoms with E-state index in [1.165, 1.54) is 12.1 Å². The SMILES string of the molecule is CSc1ccccc1C(O)Cc1cc(F)ccc1C. The van der Waals surface area contributed by atoms with Crippen molar-refractivity contribution in [2.75, 3.05) is 6.26 Å². The van der Waals surface area contributed by atoms with Crippen LogP contribution in [0.15, 0.2) is 47.4 Å². The Morgan fingerprint density at radius 1 is 1.21 bits per heavy atom. The zero-order valence-corrected chi connectivity index (χ0v) is 11.9. The maximum Gasteiger partial charge on any atom is 0.123 e. The fourth-order valence-corrected chi connectivity index (χ4v) is 2.77. The van der Waals surface area contributed by atoms with Gasteiger partial charge in [0.05, 0.1) is 6.10 Å². The van der Waals surface area contributed by atoms with Gasteiger partial charge in [-0.15, -0.1) is 11.8 Å². The minimum atomic E-state index is -0.607. The van der Waals surface area contributed by atoms with Crippen LogP contribution in [-0.4, -0.2) is 11.4 Å². The molecular weight excluding hydrogens is 259 g/mol. The Labute approximate surface area is 117 Å². The minimum Gasteiger partial charge on any atom is -0.388 e. The Morgan fingerprint density at radius 2 is 1.95 bits per heavy atom. The largest absolute Gasteiger partial charge is 0.388 e. The topological polar surface area (TPSA) is 20.2 Å². The molecule has 1 unspecified atom stereocenters. The van der Waals surface area contributed by atoms with Crippen molar-refractivity contribution in [2.24, 2.45) is 0 Å². The molecule has 1 N–H and O–H groups in total. The fraction of sp³-hybridized carbons (Fsp3) is 0.250. The molecule has 19 heavy (non-hydrogen) atoms. The first-order chi connectivity index (χ1) is 9.11. The molecule has 0 fully saturated rings. The van der Waals surface area contributed by atoms with Gasteiger partial charge in [-0.2, -0.15) is 0 Å². The quantitative estimate of drug-likeness (QED) is 0.847. The van der Waals surface area contributed by atoms with Gasteiger partial charge in [-0.3, -0.25) is 0 Å². The van der Waals surface area contributed by atoms with E-state index >= 15 is 0 Å². The van der Waals surface area contributed by atoms with E-state index in [1.807, 2.05) is 37.4 Å². The predicted octanol–water partition coefficient (Wildman–Crippen LogP) is 4.13. The van der Waals surface area contributed by atoms with Crippen molar-refractivity contribution >= 4 is 11.8 Å². The normalized spacial score (nSPS) is 12.4. The zero-order valence-electron chi connectivity index (χ0n) is 11.1. The first-order valence-electron chi connectivity index (χ1n) is 6.18. The van der Waals surface area contributed by atoms with Gasteiger partial charge in [0.1, 0.15) is 5.82 Å². The van der Waals surface area contributed by atoms with Gasteiger partial charge in [-0.25, -0.2) is 4.39 Å². The van der Waals surface area contributed by atoms with Crippen LogP contribution in [0.4, 0.5) is 4.39 Å². The standard InChI is InChI=1S/C16H17FOS/c1-11-7-8-13(17)9-12(11)10-15(18)14-5-3-4-6-16(14)19-2/h3-9,15,18H,10H2,1-2H3. The van der Waals surface area contributed by atoms with Gasteiger partial charge in [-0.05, 0) is 48.1 Å². The molecule has 0 aliphatic carbocycles. The van der Waals surface area contributed by atoms with E-state index in [0.29, 0.717) is 6.42 Å². The maximum atomic E-state index is 13.3. The summed E-state index contributed by atoms with van der Waals surface area (Å²) in [5, 5.41) is 10.4. The number of hydrogen-bond acceptors (Lipinski definition) is 2. The molecule has 0 radical (unpaired) electrons. The van der Waals surface area contributed by atoms with Crippen molar-refractivity contribution in [1.29, 1.82) is 0 Å². The maximum absolute atomic E-state index is 13.3. The Balaban J connectivity index is 2.25. The van der Waals surface area contributed by atoms with E-state index in [1.54, 1.807) is 17.8 Å². The molecule has 0 saturated carbocycles. The number of hydrogen-bond donors (Lipinski definition) is 1. The lowest BCUT2D eigenvalue weighted by Crippen LogP contribution is -2.05. The van der Waals surface area contributed by atoms with Gasteiger partial charge in [-0.1, -0.05) is 24.3 Å². The van der Waals surface area contributed by atoms with Crippen molar-refractivity contribution in [3.63, 3.8) is 0 Å². The fourth-order valence-electron chi connectivity index (χ4n) is 2.12. The summed E-state index contributed by atoms with van der Waals surface area (Å²) in [4.78, 5) is 1.06. The third-order valence-corrected chi connectivity index (χ3v) is 4.03. The van der Waals surface area contributed by atoms with Gasteiger partial charge < -0.3 is 5.11 Å². The van der Waals surface area contributed by atoms with E-state index in [0.717, 1.165) is 21.6 Å². The molecule has 3 heteroatoms. The molecule has 0 amide bonds. The van der Waals surface area contributed by atoms with E-state index in [2.05, 4.69) is 0 Å². The number of aliphatic hydroxyl groups excluding tert-OH is 1. The predicted molar refractivity (Wildman–Crippen MR) is 78.0 cm³/mol. The lowest BCUT2D eigenvalue weighted by molar-refractivity contribution is 0.175. The molecule has 0 heterocycles. The highest BCUT2D eigenvalue weighted by atomic mass is 32.2. The summed E-state index contributed by atoms with van der Waals surface area (Å²) in [5.74, 6) is -0.258. The van der Waals surface area contributed by atoms with Gasteiger partial charge in [0.15, 0.2) is 0 Å². The molecule has 1 atom stereocenters. The van der Waals surface area contributed by atoms with Crippen molar-refractivity contribution in [2.45, 2.75) is 24.3 Å². The summed E-state index contributed by atoms with van der Waals surface area (Å²) in [5.41, 5.74) is 2.75. The minimum absolute atomic E-state index is 0.258. The second-order valence-electron chi connectivity index (χ2n) is 4.53. The Morgan fingerprint density at radius 3 is 2.68 bits per heavy atom. The highest BCUT2D eigenvalue weighted by Crippen LogP contribution is 2.28. The molecule has 2 aromatic carbocycles. The molecule has 2 rings (SSSR count). The smallest absolute Gasteiger partial charge is 0.123 e. The molecule has 0 saturated heterocycles. The lowest BCUT2D eigenvalue weighted by atomic mass is 9.98. The van der Waals surface area contributed by atoms with Crippen molar-refractivity contribution in [3.05, 3.63) is 65.0 Å². The number of benzene rings is 2. The van der Waals surface area contributed by atoms with Crippen LogP contribution < -0.4 is 0 Å². The summed E-state index contributed by atoms with van der Waals surface area (Å²) < 4.78 is 13.3. The molecule has 0 aliphatic rings. The van der Waals surface area contributed by atoms with Crippen LogP contribution in [0, 0.1) is 12.7 Å². The molecule has 0 bridgehead atoms. The summed E-state index contributed by atoms with van der Waals surface area (Å²) in [6, 6.07) is 12.5. The van der Waals surface area contributed by atoms with Crippen LogP contribution in [0.25, 0.3) is 0 Å². The van der Waals surface area contributed by atoms with Crippen LogP contribution >= 0.6 is 11.8 Å². The van der Waals surface area contributed by atoms with Gasteiger partial charge >= 0.3 is 0 Å². The van der Waals surface area contributed by atoms with Crippen LogP contribution in [0.1, 0.15) is 22.8 Å². The Hall–Kier alpha value is -1.32. The molecule has 100 valence electrons. The highest BCUT2D eigenvalue weighted by Gasteiger charge is 2.14. The average Bonchev–Trinajstić information content (AvgIpc) is 2.42. The summed E-state index contributed by atoms with van der Waals surface area (Å²) >= 11 is 1.61. The van der Waals surface area contributed by atoms with Crippen LogP contribution in [0.2, 0.25) is 0 Å². The van der Waals surface area contributed by atoms with Crippen LogP contribution in [0.5, 0.6) is 0 Å². The van der Waals surface area contributed by atoms with Gasteiger partial charge in [0, 0.05) is 11.3 Å². The van der Waals surface area contributed by atoms with E-state index in [4.69, 9.17) is 0 Å². The van der Waals surface area contributed by atoms with Crippen molar-refractivity contribution in [1.82, 2.24) is 0 Å². The Kier molecular flexibility index (Phi) is 4.61. The number of aryl methyl sites for hydroxylation is 1.